The van der Waals surface area contributed by atoms with Gasteiger partial charge in [-0.05, 0) is 38.5 Å². The van der Waals surface area contributed by atoms with E-state index >= 15 is 0 Å². The number of H-pyrrole nitrogens is 1. The van der Waals surface area contributed by atoms with Gasteiger partial charge in [-0.3, -0.25) is 9.59 Å². The molecule has 8 heteroatoms. The molecule has 3 N–H and O–H groups in total. The monoisotopic (exact) mass is 320 g/mol. The second kappa shape index (κ2) is 7.06. The maximum atomic E-state index is 12.2. The molecule has 2 saturated carbocycles. The van der Waals surface area contributed by atoms with Crippen LogP contribution in [-0.4, -0.2) is 38.5 Å². The van der Waals surface area contributed by atoms with Crippen LogP contribution in [0.15, 0.2) is 0 Å². The Morgan fingerprint density at radius 2 is 1.96 bits per heavy atom. The Hall–Kier alpha value is -1.99. The minimum Gasteiger partial charge on any atom is -0.353 e. The maximum Gasteiger partial charge on any atom is 0.223 e. The van der Waals surface area contributed by atoms with Gasteiger partial charge in [-0.2, -0.15) is 5.21 Å². The minimum atomic E-state index is -0.181. The number of amides is 2. The number of carbonyl (C=O) groups is 2. The molecule has 23 heavy (non-hydrogen) atoms. The lowest BCUT2D eigenvalue weighted by atomic mass is 10.1. The number of aromatic nitrogens is 4. The molecule has 2 fully saturated rings. The third-order valence-electron chi connectivity index (χ3n) is 4.66. The Morgan fingerprint density at radius 1 is 1.22 bits per heavy atom. The molecule has 0 saturated heterocycles. The molecule has 1 heterocycles. The summed E-state index contributed by atoms with van der Waals surface area (Å²) in [6, 6.07) is -0.354. The molecule has 1 aromatic rings. The topological polar surface area (TPSA) is 113 Å². The Kier molecular flexibility index (Phi) is 4.88. The average molecular weight is 320 g/mol. The Balaban J connectivity index is 1.47. The molecule has 1 aromatic heterocycles. The summed E-state index contributed by atoms with van der Waals surface area (Å²) >= 11 is 0. The van der Waals surface area contributed by atoms with E-state index in [2.05, 4.69) is 31.3 Å². The van der Waals surface area contributed by atoms with E-state index in [4.69, 9.17) is 0 Å². The standard InChI is InChI=1S/C15H24N6O2/c1-9(16-15(23)11-4-2-3-5-11)8-12(22)17-13(10-6-7-10)14-18-20-21-19-14/h9-11,13H,2-8H2,1H3,(H,16,23)(H,17,22)(H,18,19,20,21). The highest BCUT2D eigenvalue weighted by atomic mass is 16.2. The number of tetrazole rings is 1. The third kappa shape index (κ3) is 4.27. The fraction of sp³-hybridized carbons (Fsp3) is 0.800. The number of nitrogens with one attached hydrogen (secondary N) is 3. The number of carbonyl (C=O) groups excluding carboxylic acids is 2. The molecular formula is C15H24N6O2. The summed E-state index contributed by atoms with van der Waals surface area (Å²) in [6.07, 6.45) is 6.57. The van der Waals surface area contributed by atoms with Crippen molar-refractivity contribution in [3.05, 3.63) is 5.82 Å². The zero-order valence-electron chi connectivity index (χ0n) is 13.4. The van der Waals surface area contributed by atoms with Gasteiger partial charge in [-0.1, -0.05) is 18.1 Å². The van der Waals surface area contributed by atoms with E-state index in [0.717, 1.165) is 38.5 Å². The van der Waals surface area contributed by atoms with Gasteiger partial charge >= 0.3 is 0 Å². The number of hydrogen-bond acceptors (Lipinski definition) is 5. The Morgan fingerprint density at radius 3 is 2.57 bits per heavy atom. The van der Waals surface area contributed by atoms with Crippen LogP contribution >= 0.6 is 0 Å². The number of hydrogen-bond donors (Lipinski definition) is 3. The fourth-order valence-electron chi connectivity index (χ4n) is 3.23. The molecule has 2 amide bonds. The van der Waals surface area contributed by atoms with Crippen LogP contribution in [0.5, 0.6) is 0 Å². The first-order valence-corrected chi connectivity index (χ1v) is 8.46. The Bertz CT molecular complexity index is 536. The predicted octanol–water partition coefficient (Wildman–Crippen LogP) is 0.852. The van der Waals surface area contributed by atoms with Crippen molar-refractivity contribution in [3.63, 3.8) is 0 Å². The third-order valence-corrected chi connectivity index (χ3v) is 4.66. The van der Waals surface area contributed by atoms with E-state index in [1.165, 1.54) is 0 Å². The first-order valence-electron chi connectivity index (χ1n) is 8.46. The van der Waals surface area contributed by atoms with Crippen LogP contribution in [0, 0.1) is 11.8 Å². The zero-order chi connectivity index (χ0) is 16.2. The van der Waals surface area contributed by atoms with E-state index in [1.807, 2.05) is 6.92 Å². The van der Waals surface area contributed by atoms with E-state index in [1.54, 1.807) is 0 Å². The minimum absolute atomic E-state index is 0.0831. The van der Waals surface area contributed by atoms with Crippen LogP contribution in [0.2, 0.25) is 0 Å². The summed E-state index contributed by atoms with van der Waals surface area (Å²) in [5.74, 6) is 1.04. The van der Waals surface area contributed by atoms with Crippen molar-refractivity contribution < 1.29 is 9.59 Å². The van der Waals surface area contributed by atoms with Gasteiger partial charge in [0.15, 0.2) is 5.82 Å². The highest BCUT2D eigenvalue weighted by Crippen LogP contribution is 2.39. The molecule has 0 radical (unpaired) electrons. The van der Waals surface area contributed by atoms with Crippen molar-refractivity contribution in [2.24, 2.45) is 11.8 Å². The first-order chi connectivity index (χ1) is 11.1. The molecular weight excluding hydrogens is 296 g/mol. The van der Waals surface area contributed by atoms with Crippen LogP contribution in [0.4, 0.5) is 0 Å². The summed E-state index contributed by atoms with van der Waals surface area (Å²) < 4.78 is 0. The number of aromatic amines is 1. The van der Waals surface area contributed by atoms with Crippen molar-refractivity contribution in [1.29, 1.82) is 0 Å². The normalized spacial score (nSPS) is 20.9. The summed E-state index contributed by atoms with van der Waals surface area (Å²) in [5, 5.41) is 19.9. The zero-order valence-corrected chi connectivity index (χ0v) is 13.4. The number of rotatable bonds is 7. The van der Waals surface area contributed by atoms with Crippen molar-refractivity contribution in [3.8, 4) is 0 Å². The Labute approximate surface area is 135 Å². The molecule has 126 valence electrons. The smallest absolute Gasteiger partial charge is 0.223 e. The summed E-state index contributed by atoms with van der Waals surface area (Å²) in [7, 11) is 0. The van der Waals surface area contributed by atoms with Crippen LogP contribution in [0.3, 0.4) is 0 Å². The van der Waals surface area contributed by atoms with E-state index in [9.17, 15) is 9.59 Å². The molecule has 0 aromatic carbocycles. The van der Waals surface area contributed by atoms with Gasteiger partial charge in [0, 0.05) is 18.4 Å². The van der Waals surface area contributed by atoms with Gasteiger partial charge in [0.2, 0.25) is 11.8 Å². The van der Waals surface area contributed by atoms with Crippen LogP contribution in [0.1, 0.15) is 63.7 Å². The summed E-state index contributed by atoms with van der Waals surface area (Å²) in [5.41, 5.74) is 0. The molecule has 2 atom stereocenters. The van der Waals surface area contributed by atoms with Crippen molar-refractivity contribution in [2.75, 3.05) is 0 Å². The second-order valence-electron chi connectivity index (χ2n) is 6.75. The van der Waals surface area contributed by atoms with Gasteiger partial charge in [-0.15, -0.1) is 10.2 Å². The maximum absolute atomic E-state index is 12.2. The highest BCUT2D eigenvalue weighted by molar-refractivity contribution is 5.81. The largest absolute Gasteiger partial charge is 0.353 e. The van der Waals surface area contributed by atoms with E-state index < -0.39 is 0 Å². The fourth-order valence-corrected chi connectivity index (χ4v) is 3.23. The van der Waals surface area contributed by atoms with Gasteiger partial charge in [0.25, 0.3) is 0 Å². The van der Waals surface area contributed by atoms with Crippen molar-refractivity contribution >= 4 is 11.8 Å². The van der Waals surface area contributed by atoms with Crippen LogP contribution < -0.4 is 10.6 Å². The quantitative estimate of drug-likeness (QED) is 0.689. The molecule has 2 aliphatic carbocycles. The van der Waals surface area contributed by atoms with Gasteiger partial charge < -0.3 is 10.6 Å². The first kappa shape index (κ1) is 15.9. The van der Waals surface area contributed by atoms with E-state index in [0.29, 0.717) is 11.7 Å². The molecule has 0 aliphatic heterocycles. The SMILES string of the molecule is CC(CC(=O)NC(c1nn[nH]n1)C1CC1)NC(=O)C1CCCC1. The van der Waals surface area contributed by atoms with E-state index in [-0.39, 0.29) is 36.2 Å². The summed E-state index contributed by atoms with van der Waals surface area (Å²) in [4.78, 5) is 24.3. The van der Waals surface area contributed by atoms with Crippen molar-refractivity contribution in [1.82, 2.24) is 31.3 Å². The average Bonchev–Trinajstić information content (AvgIpc) is 3.01. The van der Waals surface area contributed by atoms with Crippen LogP contribution in [0.25, 0.3) is 0 Å². The molecule has 8 nitrogen and oxygen atoms in total. The lowest BCUT2D eigenvalue weighted by Gasteiger charge is -2.19. The summed E-state index contributed by atoms with van der Waals surface area (Å²) in [6.45, 7) is 1.87. The lowest BCUT2D eigenvalue weighted by molar-refractivity contribution is -0.126. The lowest BCUT2D eigenvalue weighted by Crippen LogP contribution is -2.40. The molecule has 2 aliphatic rings. The van der Waals surface area contributed by atoms with Crippen molar-refractivity contribution in [2.45, 2.75) is 64.0 Å². The second-order valence-corrected chi connectivity index (χ2v) is 6.75. The molecule has 0 spiro atoms. The molecule has 3 rings (SSSR count). The molecule has 2 unspecified atom stereocenters. The predicted molar refractivity (Wildman–Crippen MR) is 82.0 cm³/mol. The van der Waals surface area contributed by atoms with Gasteiger partial charge in [-0.25, -0.2) is 0 Å². The van der Waals surface area contributed by atoms with Crippen LogP contribution in [-0.2, 0) is 9.59 Å². The number of nitrogens with zero attached hydrogens (tertiary/aromatic N) is 3. The van der Waals surface area contributed by atoms with Gasteiger partial charge in [0.05, 0.1) is 6.04 Å². The highest BCUT2D eigenvalue weighted by Gasteiger charge is 2.36. The van der Waals surface area contributed by atoms with Gasteiger partial charge in [0.1, 0.15) is 0 Å². The molecule has 0 bridgehead atoms.